The molecule has 0 aliphatic heterocycles. The van der Waals surface area contributed by atoms with Crippen LogP contribution in [0.2, 0.25) is 0 Å². The number of aliphatic hydroxyl groups is 1. The summed E-state index contributed by atoms with van der Waals surface area (Å²) in [6.45, 7) is -0.0171. The van der Waals surface area contributed by atoms with Gasteiger partial charge in [-0.2, -0.15) is 0 Å². The van der Waals surface area contributed by atoms with E-state index in [2.05, 4.69) is 10.6 Å². The first-order chi connectivity index (χ1) is 12.0. The molecule has 0 heterocycles. The predicted molar refractivity (Wildman–Crippen MR) is 91.5 cm³/mol. The zero-order chi connectivity index (χ0) is 17.9. The molecule has 1 atom stereocenters. The smallest absolute Gasteiger partial charge is 0.313 e. The number of hydrogen-bond acceptors (Lipinski definition) is 3. The third-order valence-electron chi connectivity index (χ3n) is 4.36. The fourth-order valence-electron chi connectivity index (χ4n) is 3.01. The van der Waals surface area contributed by atoms with Gasteiger partial charge in [0.1, 0.15) is 5.82 Å². The van der Waals surface area contributed by atoms with Crippen LogP contribution in [0.5, 0.6) is 0 Å². The zero-order valence-corrected chi connectivity index (χ0v) is 13.6. The predicted octanol–water partition coefficient (Wildman–Crippen LogP) is 1.80. The van der Waals surface area contributed by atoms with E-state index in [0.717, 1.165) is 18.1 Å². The average Bonchev–Trinajstić information content (AvgIpc) is 2.59. The third-order valence-corrected chi connectivity index (χ3v) is 4.36. The molecule has 1 unspecified atom stereocenters. The van der Waals surface area contributed by atoms with Gasteiger partial charge in [0.15, 0.2) is 0 Å². The molecule has 3 rings (SSSR count). The fraction of sp³-hybridized carbons (Fsp3) is 0.263. The van der Waals surface area contributed by atoms with Crippen molar-refractivity contribution in [2.75, 3.05) is 11.9 Å². The van der Waals surface area contributed by atoms with Gasteiger partial charge >= 0.3 is 11.8 Å². The second-order valence-electron chi connectivity index (χ2n) is 6.32. The molecule has 2 aromatic rings. The Morgan fingerprint density at radius 2 is 1.84 bits per heavy atom. The van der Waals surface area contributed by atoms with Gasteiger partial charge in [0.25, 0.3) is 0 Å². The number of rotatable bonds is 3. The maximum Gasteiger partial charge on any atom is 0.313 e. The molecule has 3 N–H and O–H groups in total. The first kappa shape index (κ1) is 17.1. The summed E-state index contributed by atoms with van der Waals surface area (Å²) in [4.78, 5) is 23.8. The Kier molecular flexibility index (Phi) is 4.81. The van der Waals surface area contributed by atoms with Gasteiger partial charge in [-0.3, -0.25) is 9.59 Å². The molecule has 6 heteroatoms. The van der Waals surface area contributed by atoms with E-state index in [1.165, 1.54) is 23.8 Å². The lowest BCUT2D eigenvalue weighted by Gasteiger charge is -2.33. The quantitative estimate of drug-likeness (QED) is 0.744. The molecular formula is C19H19FN2O3. The summed E-state index contributed by atoms with van der Waals surface area (Å²) in [6.07, 6.45) is 1.66. The molecule has 0 aromatic heterocycles. The fourth-order valence-corrected chi connectivity index (χ4v) is 3.01. The molecule has 0 fully saturated rings. The minimum atomic E-state index is -1.08. The summed E-state index contributed by atoms with van der Waals surface area (Å²) >= 11 is 0. The van der Waals surface area contributed by atoms with Crippen LogP contribution >= 0.6 is 0 Å². The van der Waals surface area contributed by atoms with Gasteiger partial charge in [-0.25, -0.2) is 4.39 Å². The van der Waals surface area contributed by atoms with Gasteiger partial charge in [-0.15, -0.1) is 0 Å². The zero-order valence-electron chi connectivity index (χ0n) is 13.6. The van der Waals surface area contributed by atoms with Gasteiger partial charge < -0.3 is 15.7 Å². The lowest BCUT2D eigenvalue weighted by molar-refractivity contribution is -0.136. The number of nitrogens with one attached hydrogen (secondary N) is 2. The highest BCUT2D eigenvalue weighted by Gasteiger charge is 2.32. The SMILES string of the molecule is O=C(NCC1(O)CCc2ccccc2C1)C(=O)Nc1cccc(F)c1. The second-order valence-corrected chi connectivity index (χ2v) is 6.32. The molecule has 0 spiro atoms. The summed E-state index contributed by atoms with van der Waals surface area (Å²) < 4.78 is 13.1. The molecule has 1 aliphatic carbocycles. The van der Waals surface area contributed by atoms with Crippen molar-refractivity contribution in [2.24, 2.45) is 0 Å². The van der Waals surface area contributed by atoms with E-state index >= 15 is 0 Å². The first-order valence-electron chi connectivity index (χ1n) is 8.09. The highest BCUT2D eigenvalue weighted by Crippen LogP contribution is 2.28. The Morgan fingerprint density at radius 1 is 1.08 bits per heavy atom. The number of carbonyl (C=O) groups excluding carboxylic acids is 2. The molecule has 0 saturated carbocycles. The highest BCUT2D eigenvalue weighted by atomic mass is 19.1. The third kappa shape index (κ3) is 4.22. The monoisotopic (exact) mass is 342 g/mol. The van der Waals surface area contributed by atoms with E-state index < -0.39 is 23.2 Å². The van der Waals surface area contributed by atoms with Crippen LogP contribution in [0.15, 0.2) is 48.5 Å². The molecule has 5 nitrogen and oxygen atoms in total. The van der Waals surface area contributed by atoms with Crippen molar-refractivity contribution in [1.29, 1.82) is 0 Å². The maximum absolute atomic E-state index is 13.1. The Labute approximate surface area is 144 Å². The second kappa shape index (κ2) is 7.03. The van der Waals surface area contributed by atoms with Gasteiger partial charge in [0, 0.05) is 18.7 Å². The van der Waals surface area contributed by atoms with Crippen molar-refractivity contribution in [3.63, 3.8) is 0 Å². The van der Waals surface area contributed by atoms with Crippen LogP contribution in [0.3, 0.4) is 0 Å². The normalized spacial score (nSPS) is 19.0. The number of anilines is 1. The van der Waals surface area contributed by atoms with Crippen LogP contribution in [0.4, 0.5) is 10.1 Å². The molecule has 130 valence electrons. The number of carbonyl (C=O) groups is 2. The maximum atomic E-state index is 13.1. The van der Waals surface area contributed by atoms with Crippen LogP contribution in [-0.2, 0) is 22.4 Å². The molecule has 25 heavy (non-hydrogen) atoms. The minimum Gasteiger partial charge on any atom is -0.388 e. The van der Waals surface area contributed by atoms with Gasteiger partial charge in [0.2, 0.25) is 0 Å². The average molecular weight is 342 g/mol. The lowest BCUT2D eigenvalue weighted by atomic mass is 9.80. The van der Waals surface area contributed by atoms with Crippen molar-refractivity contribution in [2.45, 2.75) is 24.9 Å². The topological polar surface area (TPSA) is 78.4 Å². The van der Waals surface area contributed by atoms with Gasteiger partial charge in [-0.05, 0) is 42.2 Å². The number of halogens is 1. The molecule has 1 aliphatic rings. The van der Waals surface area contributed by atoms with Crippen LogP contribution < -0.4 is 10.6 Å². The minimum absolute atomic E-state index is 0.0171. The number of fused-ring (bicyclic) bond motifs is 1. The summed E-state index contributed by atoms with van der Waals surface area (Å²) in [5.74, 6) is -2.27. The molecule has 0 bridgehead atoms. The molecular weight excluding hydrogens is 323 g/mol. The van der Waals surface area contributed by atoms with Crippen LogP contribution in [-0.4, -0.2) is 29.1 Å². The highest BCUT2D eigenvalue weighted by molar-refractivity contribution is 6.39. The van der Waals surface area contributed by atoms with Crippen molar-refractivity contribution in [1.82, 2.24) is 5.32 Å². The van der Waals surface area contributed by atoms with E-state index in [1.807, 2.05) is 24.3 Å². The number of hydrogen-bond donors (Lipinski definition) is 3. The van der Waals surface area contributed by atoms with Gasteiger partial charge in [-0.1, -0.05) is 30.3 Å². The summed E-state index contributed by atoms with van der Waals surface area (Å²) in [6, 6.07) is 13.1. The van der Waals surface area contributed by atoms with Crippen molar-refractivity contribution >= 4 is 17.5 Å². The molecule has 2 amide bonds. The van der Waals surface area contributed by atoms with Crippen LogP contribution in [0.25, 0.3) is 0 Å². The van der Waals surface area contributed by atoms with E-state index in [0.29, 0.717) is 12.8 Å². The van der Waals surface area contributed by atoms with Crippen molar-refractivity contribution in [3.05, 3.63) is 65.5 Å². The standard InChI is InChI=1S/C19H19FN2O3/c20-15-6-3-7-16(10-15)22-18(24)17(23)21-12-19(25)9-8-13-4-1-2-5-14(13)11-19/h1-7,10,25H,8-9,11-12H2,(H,21,23)(H,22,24). The first-order valence-corrected chi connectivity index (χ1v) is 8.09. The lowest BCUT2D eigenvalue weighted by Crippen LogP contribution is -2.49. The largest absolute Gasteiger partial charge is 0.388 e. The van der Waals surface area contributed by atoms with E-state index in [-0.39, 0.29) is 12.2 Å². The Hall–Kier alpha value is -2.73. The van der Waals surface area contributed by atoms with E-state index in [1.54, 1.807) is 0 Å². The number of amides is 2. The van der Waals surface area contributed by atoms with Crippen molar-refractivity contribution in [3.8, 4) is 0 Å². The summed E-state index contributed by atoms with van der Waals surface area (Å²) in [5.41, 5.74) is 1.37. The molecule has 0 saturated heterocycles. The Morgan fingerprint density at radius 3 is 2.60 bits per heavy atom. The van der Waals surface area contributed by atoms with Crippen LogP contribution in [0, 0.1) is 5.82 Å². The molecule has 0 radical (unpaired) electrons. The Bertz CT molecular complexity index is 809. The summed E-state index contributed by atoms with van der Waals surface area (Å²) in [7, 11) is 0. The van der Waals surface area contributed by atoms with Crippen molar-refractivity contribution < 1.29 is 19.1 Å². The van der Waals surface area contributed by atoms with Crippen LogP contribution in [0.1, 0.15) is 17.5 Å². The number of benzene rings is 2. The van der Waals surface area contributed by atoms with E-state index in [4.69, 9.17) is 0 Å². The molecule has 2 aromatic carbocycles. The Balaban J connectivity index is 1.56. The van der Waals surface area contributed by atoms with E-state index in [9.17, 15) is 19.1 Å². The number of aryl methyl sites for hydroxylation is 1. The van der Waals surface area contributed by atoms with Gasteiger partial charge in [0.05, 0.1) is 5.60 Å². The summed E-state index contributed by atoms with van der Waals surface area (Å²) in [5, 5.41) is 15.5.